The Morgan fingerprint density at radius 2 is 1.57 bits per heavy atom. The SMILES string of the molecule is COc1cc(C(=O)c2cc(Br)c(Br)s2)cc(OC)c1OC. The van der Waals surface area contributed by atoms with Gasteiger partial charge in [-0.2, -0.15) is 0 Å². The lowest BCUT2D eigenvalue weighted by molar-refractivity contribution is 0.104. The quantitative estimate of drug-likeness (QED) is 0.647. The predicted molar refractivity (Wildman–Crippen MR) is 89.2 cm³/mol. The fourth-order valence-electron chi connectivity index (χ4n) is 1.81. The van der Waals surface area contributed by atoms with Crippen molar-refractivity contribution in [2.75, 3.05) is 21.3 Å². The highest BCUT2D eigenvalue weighted by Gasteiger charge is 2.20. The van der Waals surface area contributed by atoms with Crippen LogP contribution in [0.4, 0.5) is 0 Å². The van der Waals surface area contributed by atoms with Gasteiger partial charge in [-0.25, -0.2) is 0 Å². The number of hydrogen-bond acceptors (Lipinski definition) is 5. The van der Waals surface area contributed by atoms with Crippen LogP contribution in [0.3, 0.4) is 0 Å². The molecule has 1 aromatic heterocycles. The highest BCUT2D eigenvalue weighted by molar-refractivity contribution is 9.13. The number of carbonyl (C=O) groups excluding carboxylic acids is 1. The zero-order valence-electron chi connectivity index (χ0n) is 11.5. The third-order valence-corrected chi connectivity index (χ3v) is 6.05. The van der Waals surface area contributed by atoms with Crippen LogP contribution in [0.2, 0.25) is 0 Å². The van der Waals surface area contributed by atoms with Gasteiger partial charge >= 0.3 is 0 Å². The molecule has 0 radical (unpaired) electrons. The summed E-state index contributed by atoms with van der Waals surface area (Å²) in [5, 5.41) is 0. The second-order valence-corrected chi connectivity index (χ2v) is 7.20. The van der Waals surface area contributed by atoms with Crippen LogP contribution in [-0.4, -0.2) is 27.1 Å². The van der Waals surface area contributed by atoms with E-state index < -0.39 is 0 Å². The third-order valence-electron chi connectivity index (χ3n) is 2.80. The molecule has 0 unspecified atom stereocenters. The Morgan fingerprint density at radius 1 is 1.00 bits per heavy atom. The molecule has 0 aliphatic rings. The monoisotopic (exact) mass is 434 g/mol. The van der Waals surface area contributed by atoms with Crippen molar-refractivity contribution in [3.8, 4) is 17.2 Å². The van der Waals surface area contributed by atoms with Crippen molar-refractivity contribution in [1.82, 2.24) is 0 Å². The normalized spacial score (nSPS) is 10.3. The van der Waals surface area contributed by atoms with E-state index in [1.165, 1.54) is 32.7 Å². The van der Waals surface area contributed by atoms with Crippen molar-refractivity contribution in [1.29, 1.82) is 0 Å². The van der Waals surface area contributed by atoms with Gasteiger partial charge in [-0.3, -0.25) is 4.79 Å². The summed E-state index contributed by atoms with van der Waals surface area (Å²) < 4.78 is 17.5. The minimum Gasteiger partial charge on any atom is -0.493 e. The third kappa shape index (κ3) is 3.25. The number of rotatable bonds is 5. The Morgan fingerprint density at radius 3 is 1.95 bits per heavy atom. The van der Waals surface area contributed by atoms with Crippen molar-refractivity contribution in [3.63, 3.8) is 0 Å². The highest BCUT2D eigenvalue weighted by atomic mass is 79.9. The van der Waals surface area contributed by atoms with Crippen molar-refractivity contribution in [3.05, 3.63) is 36.9 Å². The summed E-state index contributed by atoms with van der Waals surface area (Å²) in [6, 6.07) is 5.07. The fourth-order valence-corrected chi connectivity index (χ4v) is 3.81. The van der Waals surface area contributed by atoms with Gasteiger partial charge in [0, 0.05) is 10.0 Å². The molecule has 0 atom stereocenters. The number of carbonyl (C=O) groups is 1. The fraction of sp³-hybridized carbons (Fsp3) is 0.214. The summed E-state index contributed by atoms with van der Waals surface area (Å²) in [5.41, 5.74) is 0.478. The van der Waals surface area contributed by atoms with Crippen molar-refractivity contribution in [2.24, 2.45) is 0 Å². The number of ether oxygens (including phenoxy) is 3. The maximum Gasteiger partial charge on any atom is 0.203 e. The molecular weight excluding hydrogens is 424 g/mol. The van der Waals surface area contributed by atoms with Crippen LogP contribution >= 0.6 is 43.2 Å². The Hall–Kier alpha value is -1.05. The second-order valence-electron chi connectivity index (χ2n) is 3.98. The summed E-state index contributed by atoms with van der Waals surface area (Å²) in [6.45, 7) is 0. The average molecular weight is 436 g/mol. The maximum absolute atomic E-state index is 12.6. The van der Waals surface area contributed by atoms with E-state index in [4.69, 9.17) is 14.2 Å². The van der Waals surface area contributed by atoms with Gasteiger partial charge < -0.3 is 14.2 Å². The van der Waals surface area contributed by atoms with Crippen molar-refractivity contribution < 1.29 is 19.0 Å². The Labute approximate surface area is 143 Å². The zero-order chi connectivity index (χ0) is 15.6. The molecule has 0 saturated heterocycles. The summed E-state index contributed by atoms with van der Waals surface area (Å²) in [4.78, 5) is 13.2. The van der Waals surface area contributed by atoms with Crippen LogP contribution in [0.1, 0.15) is 15.2 Å². The van der Waals surface area contributed by atoms with Gasteiger partial charge in [0.2, 0.25) is 11.5 Å². The second kappa shape index (κ2) is 6.81. The molecule has 0 spiro atoms. The summed E-state index contributed by atoms with van der Waals surface area (Å²) >= 11 is 8.13. The van der Waals surface area contributed by atoms with E-state index in [1.54, 1.807) is 18.2 Å². The molecule has 0 N–H and O–H groups in total. The van der Waals surface area contributed by atoms with Gasteiger partial charge in [0.1, 0.15) is 0 Å². The molecule has 2 aromatic rings. The number of methoxy groups -OCH3 is 3. The summed E-state index contributed by atoms with van der Waals surface area (Å²) in [5.74, 6) is 1.26. The first-order valence-electron chi connectivity index (χ1n) is 5.81. The molecule has 112 valence electrons. The van der Waals surface area contributed by atoms with Crippen LogP contribution in [0.25, 0.3) is 0 Å². The molecule has 1 aromatic carbocycles. The van der Waals surface area contributed by atoms with E-state index in [9.17, 15) is 4.79 Å². The summed E-state index contributed by atoms with van der Waals surface area (Å²) in [6.07, 6.45) is 0. The van der Waals surface area contributed by atoms with E-state index >= 15 is 0 Å². The van der Waals surface area contributed by atoms with Gasteiger partial charge in [0.05, 0.1) is 30.0 Å². The highest BCUT2D eigenvalue weighted by Crippen LogP contribution is 2.40. The van der Waals surface area contributed by atoms with Crippen molar-refractivity contribution in [2.45, 2.75) is 0 Å². The lowest BCUT2D eigenvalue weighted by Gasteiger charge is -2.13. The Kier molecular flexibility index (Phi) is 5.29. The Bertz CT molecular complexity index is 637. The Balaban J connectivity index is 2.50. The van der Waals surface area contributed by atoms with Crippen LogP contribution in [-0.2, 0) is 0 Å². The van der Waals surface area contributed by atoms with Gasteiger partial charge in [-0.05, 0) is 50.1 Å². The number of thiophene rings is 1. The zero-order valence-corrected chi connectivity index (χ0v) is 15.5. The van der Waals surface area contributed by atoms with E-state index in [2.05, 4.69) is 31.9 Å². The van der Waals surface area contributed by atoms with Gasteiger partial charge in [0.25, 0.3) is 0 Å². The molecule has 0 aliphatic heterocycles. The minimum absolute atomic E-state index is 0.106. The molecule has 0 bridgehead atoms. The first-order chi connectivity index (χ1) is 10.0. The lowest BCUT2D eigenvalue weighted by Crippen LogP contribution is -2.02. The molecule has 21 heavy (non-hydrogen) atoms. The standard InChI is InChI=1S/C14H12Br2O4S/c1-18-9-4-7(5-10(19-2)13(9)20-3)12(17)11-6-8(15)14(16)21-11/h4-6H,1-3H3. The topological polar surface area (TPSA) is 44.8 Å². The van der Waals surface area contributed by atoms with Crippen LogP contribution in [0.5, 0.6) is 17.2 Å². The molecule has 0 amide bonds. The largest absolute Gasteiger partial charge is 0.493 e. The first-order valence-corrected chi connectivity index (χ1v) is 8.21. The van der Waals surface area contributed by atoms with Gasteiger partial charge in [-0.15, -0.1) is 11.3 Å². The van der Waals surface area contributed by atoms with Crippen LogP contribution in [0, 0.1) is 0 Å². The maximum atomic E-state index is 12.6. The molecule has 2 rings (SSSR count). The molecule has 7 heteroatoms. The van der Waals surface area contributed by atoms with Crippen LogP contribution in [0.15, 0.2) is 26.5 Å². The van der Waals surface area contributed by atoms with E-state index in [0.29, 0.717) is 27.7 Å². The first kappa shape index (κ1) is 16.3. The molecule has 1 heterocycles. The minimum atomic E-state index is -0.106. The molecule has 0 aliphatic carbocycles. The predicted octanol–water partition coefficient (Wildman–Crippen LogP) is 4.53. The summed E-state index contributed by atoms with van der Waals surface area (Å²) in [7, 11) is 4.56. The molecule has 4 nitrogen and oxygen atoms in total. The number of hydrogen-bond donors (Lipinski definition) is 0. The van der Waals surface area contributed by atoms with Gasteiger partial charge in [0.15, 0.2) is 11.5 Å². The average Bonchev–Trinajstić information content (AvgIpc) is 2.84. The smallest absolute Gasteiger partial charge is 0.203 e. The van der Waals surface area contributed by atoms with E-state index in [1.807, 2.05) is 0 Å². The van der Waals surface area contributed by atoms with E-state index in [0.717, 1.165) is 8.26 Å². The van der Waals surface area contributed by atoms with Crippen molar-refractivity contribution >= 4 is 49.0 Å². The molecular formula is C14H12Br2O4S. The molecule has 0 fully saturated rings. The lowest BCUT2D eigenvalue weighted by atomic mass is 10.1. The number of benzene rings is 1. The number of halogens is 2. The van der Waals surface area contributed by atoms with Crippen LogP contribution < -0.4 is 14.2 Å². The van der Waals surface area contributed by atoms with Gasteiger partial charge in [-0.1, -0.05) is 0 Å². The molecule has 0 saturated carbocycles. The number of ketones is 1. The van der Waals surface area contributed by atoms with E-state index in [-0.39, 0.29) is 5.78 Å².